The highest BCUT2D eigenvalue weighted by molar-refractivity contribution is 5.83. The molecule has 0 bridgehead atoms. The maximum atomic E-state index is 14.5. The van der Waals surface area contributed by atoms with Crippen LogP contribution in [0.3, 0.4) is 0 Å². The van der Waals surface area contributed by atoms with Gasteiger partial charge < -0.3 is 15.0 Å². The number of carbonyl (C=O) groups is 1. The van der Waals surface area contributed by atoms with Gasteiger partial charge in [0.25, 0.3) is 0 Å². The summed E-state index contributed by atoms with van der Waals surface area (Å²) in [6, 6.07) is 11.1. The summed E-state index contributed by atoms with van der Waals surface area (Å²) in [6.45, 7) is 7.16. The van der Waals surface area contributed by atoms with Crippen LogP contribution in [0.4, 0.5) is 4.39 Å². The van der Waals surface area contributed by atoms with Crippen molar-refractivity contribution in [2.45, 2.75) is 74.7 Å². The van der Waals surface area contributed by atoms with E-state index in [1.807, 2.05) is 0 Å². The third kappa shape index (κ3) is 3.85. The average molecular weight is 569 g/mol. The van der Waals surface area contributed by atoms with E-state index in [1.54, 1.807) is 0 Å². The molecule has 4 saturated heterocycles. The Balaban J connectivity index is 1.25. The standard InChI is InChI=1S/C33H37FN6O2/c1-21(18-41)40-15-12-28-33(40,19-35-28)29-26-10-11-27(25-9-4-7-22-6-2-3-8-24(22)25)36-30(26)38-31(37-29)42-20-32-13-5-14-39(32)17-23(34)16-32/h4,7,9-11,18,23,28,35H,1-3,5-6,8,12-17,19-20H2/t23-,28?,32+,33?/m1/s1. The van der Waals surface area contributed by atoms with Crippen LogP contribution >= 0.6 is 0 Å². The molecule has 1 aliphatic carbocycles. The number of allylic oxidation sites excluding steroid dienone is 1. The van der Waals surface area contributed by atoms with Crippen LogP contribution in [0.1, 0.15) is 55.3 Å². The fourth-order valence-electron chi connectivity index (χ4n) is 8.57. The molecule has 4 aliphatic heterocycles. The van der Waals surface area contributed by atoms with E-state index in [9.17, 15) is 9.18 Å². The number of hydrogen-bond acceptors (Lipinski definition) is 8. The lowest BCUT2D eigenvalue weighted by Crippen LogP contribution is -2.68. The van der Waals surface area contributed by atoms with Crippen molar-refractivity contribution in [2.24, 2.45) is 0 Å². The summed E-state index contributed by atoms with van der Waals surface area (Å²) < 4.78 is 20.9. The number of alkyl halides is 1. The first-order valence-corrected chi connectivity index (χ1v) is 15.5. The van der Waals surface area contributed by atoms with Crippen LogP contribution in [0.5, 0.6) is 6.01 Å². The van der Waals surface area contributed by atoms with Gasteiger partial charge in [0.2, 0.25) is 0 Å². The largest absolute Gasteiger partial charge is 0.461 e. The minimum absolute atomic E-state index is 0.131. The zero-order valence-electron chi connectivity index (χ0n) is 23.9. The van der Waals surface area contributed by atoms with Crippen LogP contribution in [0.15, 0.2) is 42.6 Å². The normalized spacial score (nSPS) is 30.1. The van der Waals surface area contributed by atoms with Gasteiger partial charge in [-0.25, -0.2) is 9.37 Å². The molecule has 2 aromatic heterocycles. The molecule has 1 N–H and O–H groups in total. The van der Waals surface area contributed by atoms with Gasteiger partial charge in [-0.2, -0.15) is 9.97 Å². The number of benzene rings is 1. The summed E-state index contributed by atoms with van der Waals surface area (Å²) in [7, 11) is 0. The van der Waals surface area contributed by atoms with Crippen molar-refractivity contribution >= 4 is 17.3 Å². The van der Waals surface area contributed by atoms with E-state index in [1.165, 1.54) is 24.0 Å². The van der Waals surface area contributed by atoms with Crippen molar-refractivity contribution in [3.63, 3.8) is 0 Å². The Bertz CT molecular complexity index is 1600. The molecule has 6 heterocycles. The van der Waals surface area contributed by atoms with Crippen molar-refractivity contribution in [3.8, 4) is 17.3 Å². The lowest BCUT2D eigenvalue weighted by atomic mass is 9.78. The molecular formula is C33H37FN6O2. The molecule has 8 rings (SSSR count). The minimum Gasteiger partial charge on any atom is -0.461 e. The molecule has 1 aromatic carbocycles. The topological polar surface area (TPSA) is 83.5 Å². The highest BCUT2D eigenvalue weighted by Crippen LogP contribution is 2.48. The molecule has 0 radical (unpaired) electrons. The van der Waals surface area contributed by atoms with E-state index in [0.717, 1.165) is 67.3 Å². The highest BCUT2D eigenvalue weighted by atomic mass is 19.1. The van der Waals surface area contributed by atoms with Gasteiger partial charge >= 0.3 is 6.01 Å². The smallest absolute Gasteiger partial charge is 0.318 e. The maximum Gasteiger partial charge on any atom is 0.318 e. The number of carbonyl (C=O) groups excluding carboxylic acids is 1. The zero-order chi connectivity index (χ0) is 28.5. The van der Waals surface area contributed by atoms with Crippen molar-refractivity contribution in [3.05, 3.63) is 59.4 Å². The Labute approximate surface area is 245 Å². The number of nitrogens with zero attached hydrogens (tertiary/aromatic N) is 5. The quantitative estimate of drug-likeness (QED) is 0.337. The molecule has 42 heavy (non-hydrogen) atoms. The fourth-order valence-corrected chi connectivity index (χ4v) is 8.57. The van der Waals surface area contributed by atoms with Gasteiger partial charge in [0.1, 0.15) is 18.3 Å². The molecule has 9 heteroatoms. The van der Waals surface area contributed by atoms with Gasteiger partial charge in [-0.3, -0.25) is 9.69 Å². The number of hydrogen-bond donors (Lipinski definition) is 1. The van der Waals surface area contributed by atoms with E-state index >= 15 is 0 Å². The van der Waals surface area contributed by atoms with Gasteiger partial charge in [-0.05, 0) is 74.8 Å². The third-order valence-electron chi connectivity index (χ3n) is 10.7. The van der Waals surface area contributed by atoms with Crippen molar-refractivity contribution in [2.75, 3.05) is 32.8 Å². The molecule has 218 valence electrons. The summed E-state index contributed by atoms with van der Waals surface area (Å²) in [5.41, 5.74) is 5.88. The average Bonchev–Trinajstić information content (AvgIpc) is 3.61. The fraction of sp³-hybridized carbons (Fsp3) is 0.515. The van der Waals surface area contributed by atoms with E-state index in [0.29, 0.717) is 44.0 Å². The lowest BCUT2D eigenvalue weighted by Gasteiger charge is -2.51. The Kier molecular flexibility index (Phi) is 6.12. The van der Waals surface area contributed by atoms with Crippen LogP contribution < -0.4 is 10.1 Å². The Morgan fingerprint density at radius 3 is 2.90 bits per heavy atom. The molecule has 0 amide bonds. The number of aryl methyl sites for hydroxylation is 1. The number of likely N-dealkylation sites (tertiary alicyclic amines) is 1. The van der Waals surface area contributed by atoms with Crippen LogP contribution in [-0.4, -0.2) is 81.6 Å². The number of halogens is 1. The van der Waals surface area contributed by atoms with Crippen LogP contribution in [-0.2, 0) is 23.2 Å². The SMILES string of the molecule is C=C(C=O)N1CCC2NCC21c1nc(OC[C@@]23CCCN2C[C@H](F)C3)nc2nc(-c3cccc4c3CCCC4)ccc12. The van der Waals surface area contributed by atoms with E-state index < -0.39 is 11.7 Å². The van der Waals surface area contributed by atoms with Crippen molar-refractivity contribution in [1.29, 1.82) is 0 Å². The molecule has 0 saturated carbocycles. The first kappa shape index (κ1) is 26.2. The lowest BCUT2D eigenvalue weighted by molar-refractivity contribution is -0.107. The number of aromatic nitrogens is 3. The monoisotopic (exact) mass is 568 g/mol. The predicted molar refractivity (Wildman–Crippen MR) is 158 cm³/mol. The number of pyridine rings is 1. The molecule has 2 unspecified atom stereocenters. The second kappa shape index (κ2) is 9.81. The van der Waals surface area contributed by atoms with Crippen molar-refractivity contribution in [1.82, 2.24) is 30.1 Å². The number of fused-ring (bicyclic) bond motifs is 4. The van der Waals surface area contributed by atoms with E-state index in [2.05, 4.69) is 52.0 Å². The van der Waals surface area contributed by atoms with E-state index in [-0.39, 0.29) is 17.6 Å². The van der Waals surface area contributed by atoms with Crippen LogP contribution in [0.25, 0.3) is 22.3 Å². The zero-order valence-corrected chi connectivity index (χ0v) is 23.9. The van der Waals surface area contributed by atoms with Gasteiger partial charge in [0, 0.05) is 43.0 Å². The first-order valence-electron chi connectivity index (χ1n) is 15.5. The Morgan fingerprint density at radius 2 is 2.05 bits per heavy atom. The minimum atomic E-state index is -0.829. The summed E-state index contributed by atoms with van der Waals surface area (Å²) in [5.74, 6) is 0. The summed E-state index contributed by atoms with van der Waals surface area (Å²) >= 11 is 0. The number of nitrogens with one attached hydrogen (secondary N) is 1. The molecule has 0 spiro atoms. The number of aldehydes is 1. The maximum absolute atomic E-state index is 14.5. The van der Waals surface area contributed by atoms with E-state index in [4.69, 9.17) is 19.7 Å². The predicted octanol–water partition coefficient (Wildman–Crippen LogP) is 4.11. The molecular weight excluding hydrogens is 531 g/mol. The Morgan fingerprint density at radius 1 is 1.14 bits per heavy atom. The van der Waals surface area contributed by atoms with Gasteiger partial charge in [-0.15, -0.1) is 0 Å². The molecule has 3 aromatic rings. The summed E-state index contributed by atoms with van der Waals surface area (Å²) in [4.78, 5) is 31.3. The summed E-state index contributed by atoms with van der Waals surface area (Å²) in [6.07, 6.45) is 7.90. The van der Waals surface area contributed by atoms with Gasteiger partial charge in [0.15, 0.2) is 11.9 Å². The number of ether oxygens (including phenoxy) is 1. The first-order chi connectivity index (χ1) is 20.5. The second-order valence-corrected chi connectivity index (χ2v) is 12.8. The van der Waals surface area contributed by atoms with Crippen LogP contribution in [0, 0.1) is 0 Å². The third-order valence-corrected chi connectivity index (χ3v) is 10.7. The molecule has 4 atom stereocenters. The second-order valence-electron chi connectivity index (χ2n) is 12.8. The van der Waals surface area contributed by atoms with Gasteiger partial charge in [0.05, 0.1) is 22.6 Å². The molecule has 5 aliphatic rings. The van der Waals surface area contributed by atoms with Gasteiger partial charge in [-0.1, -0.05) is 24.8 Å². The number of rotatable bonds is 7. The summed E-state index contributed by atoms with van der Waals surface area (Å²) in [5, 5.41) is 4.41. The van der Waals surface area contributed by atoms with Crippen molar-refractivity contribution < 1.29 is 13.9 Å². The molecule has 8 nitrogen and oxygen atoms in total. The highest BCUT2D eigenvalue weighted by Gasteiger charge is 2.58. The molecule has 4 fully saturated rings. The Hall–Kier alpha value is -3.43. The van der Waals surface area contributed by atoms with Crippen LogP contribution in [0.2, 0.25) is 0 Å².